The van der Waals surface area contributed by atoms with E-state index in [-0.39, 0.29) is 23.4 Å². The summed E-state index contributed by atoms with van der Waals surface area (Å²) in [5, 5.41) is 18.0. The molecule has 0 aliphatic heterocycles. The minimum atomic E-state index is -0.762. The third-order valence-electron chi connectivity index (χ3n) is 3.92. The fourth-order valence-electron chi connectivity index (χ4n) is 2.54. The van der Waals surface area contributed by atoms with Gasteiger partial charge in [-0.3, -0.25) is 14.9 Å². The van der Waals surface area contributed by atoms with Crippen LogP contribution in [0.3, 0.4) is 0 Å². The van der Waals surface area contributed by atoms with Crippen molar-refractivity contribution < 1.29 is 19.2 Å². The van der Waals surface area contributed by atoms with Crippen LogP contribution in [0.15, 0.2) is 60.9 Å². The summed E-state index contributed by atoms with van der Waals surface area (Å²) in [6, 6.07) is 12.9. The molecule has 0 unspecified atom stereocenters. The molecule has 9 heteroatoms. The quantitative estimate of drug-likeness (QED) is 0.399. The lowest BCUT2D eigenvalue weighted by Crippen LogP contribution is -2.23. The lowest BCUT2D eigenvalue weighted by molar-refractivity contribution is -0.384. The Morgan fingerprint density at radius 1 is 1.18 bits per heavy atom. The van der Waals surface area contributed by atoms with Crippen molar-refractivity contribution in [3.8, 4) is 5.69 Å². The highest BCUT2D eigenvalue weighted by Gasteiger charge is 2.18. The fourth-order valence-corrected chi connectivity index (χ4v) is 2.54. The monoisotopic (exact) mass is 380 g/mol. The molecule has 0 aliphatic carbocycles. The van der Waals surface area contributed by atoms with E-state index in [0.29, 0.717) is 0 Å². The summed E-state index contributed by atoms with van der Waals surface area (Å²) in [5.74, 6) is -1.32. The van der Waals surface area contributed by atoms with Crippen LogP contribution in [-0.2, 0) is 11.3 Å². The van der Waals surface area contributed by atoms with Crippen LogP contribution >= 0.6 is 0 Å². The van der Waals surface area contributed by atoms with E-state index in [0.717, 1.165) is 30.5 Å². The average Bonchev–Trinajstić information content (AvgIpc) is 3.20. The van der Waals surface area contributed by atoms with Gasteiger partial charge < -0.3 is 10.1 Å². The number of nitrogens with zero attached hydrogens (tertiary/aromatic N) is 3. The van der Waals surface area contributed by atoms with E-state index in [4.69, 9.17) is 0 Å². The number of benzene rings is 2. The van der Waals surface area contributed by atoms with Gasteiger partial charge in [0.25, 0.3) is 11.6 Å². The Hall–Kier alpha value is -4.01. The van der Waals surface area contributed by atoms with Gasteiger partial charge in [-0.05, 0) is 18.2 Å². The van der Waals surface area contributed by atoms with Crippen LogP contribution in [0.1, 0.15) is 26.3 Å². The normalized spacial score (nSPS) is 10.3. The highest BCUT2D eigenvalue weighted by Crippen LogP contribution is 2.18. The van der Waals surface area contributed by atoms with E-state index in [2.05, 4.69) is 15.2 Å². The van der Waals surface area contributed by atoms with E-state index < -0.39 is 16.8 Å². The topological polar surface area (TPSA) is 116 Å². The van der Waals surface area contributed by atoms with Gasteiger partial charge in [-0.25, -0.2) is 9.48 Å². The second-order valence-electron chi connectivity index (χ2n) is 5.83. The Morgan fingerprint density at radius 3 is 2.57 bits per heavy atom. The number of para-hydroxylation sites is 1. The van der Waals surface area contributed by atoms with Crippen LogP contribution in [0.4, 0.5) is 5.69 Å². The second kappa shape index (κ2) is 8.12. The van der Waals surface area contributed by atoms with E-state index in [9.17, 15) is 19.7 Å². The number of nitro groups is 1. The predicted molar refractivity (Wildman–Crippen MR) is 99.2 cm³/mol. The molecule has 1 amide bonds. The van der Waals surface area contributed by atoms with Gasteiger partial charge in [-0.15, -0.1) is 0 Å². The zero-order valence-corrected chi connectivity index (χ0v) is 14.9. The molecule has 0 aliphatic rings. The van der Waals surface area contributed by atoms with Crippen LogP contribution in [0.2, 0.25) is 0 Å². The summed E-state index contributed by atoms with van der Waals surface area (Å²) >= 11 is 0. The maximum atomic E-state index is 12.4. The van der Waals surface area contributed by atoms with Crippen molar-refractivity contribution in [2.24, 2.45) is 0 Å². The number of hydrogen-bond donors (Lipinski definition) is 1. The largest absolute Gasteiger partial charge is 0.465 e. The number of carbonyl (C=O) groups is 2. The second-order valence-corrected chi connectivity index (χ2v) is 5.83. The standard InChI is InChI=1S/C19H16N4O5/c1-28-19(25)15-7-14(8-17(9-15)23(26)27)18(24)20-10-13-11-21-22(12-13)16-5-3-2-4-6-16/h2-9,11-12H,10H2,1H3,(H,20,24). The van der Waals surface area contributed by atoms with Crippen molar-refractivity contribution in [1.82, 2.24) is 15.1 Å². The molecule has 0 saturated carbocycles. The molecule has 2 aromatic carbocycles. The van der Waals surface area contributed by atoms with E-state index in [1.54, 1.807) is 17.1 Å². The molecule has 1 aromatic heterocycles. The minimum Gasteiger partial charge on any atom is -0.465 e. The molecule has 1 heterocycles. The number of aromatic nitrogens is 2. The van der Waals surface area contributed by atoms with Gasteiger partial charge in [0.2, 0.25) is 0 Å². The average molecular weight is 380 g/mol. The molecule has 28 heavy (non-hydrogen) atoms. The molecule has 0 fully saturated rings. The Labute approximate surface area is 159 Å². The van der Waals surface area contributed by atoms with Gasteiger partial charge in [0.05, 0.1) is 29.5 Å². The highest BCUT2D eigenvalue weighted by molar-refractivity contribution is 5.98. The summed E-state index contributed by atoms with van der Waals surface area (Å²) in [6.45, 7) is 0.169. The first kappa shape index (κ1) is 18.8. The van der Waals surface area contributed by atoms with Gasteiger partial charge in [-0.1, -0.05) is 18.2 Å². The first-order valence-electron chi connectivity index (χ1n) is 8.23. The van der Waals surface area contributed by atoms with Crippen LogP contribution in [0.25, 0.3) is 5.69 Å². The summed E-state index contributed by atoms with van der Waals surface area (Å²) < 4.78 is 6.25. The lowest BCUT2D eigenvalue weighted by atomic mass is 10.1. The number of methoxy groups -OCH3 is 1. The summed E-state index contributed by atoms with van der Waals surface area (Å²) in [4.78, 5) is 34.5. The van der Waals surface area contributed by atoms with E-state index in [1.807, 2.05) is 30.3 Å². The number of hydrogen-bond acceptors (Lipinski definition) is 6. The molecule has 3 aromatic rings. The summed E-state index contributed by atoms with van der Waals surface area (Å²) in [7, 11) is 1.16. The molecule has 0 spiro atoms. The van der Waals surface area contributed by atoms with Crippen molar-refractivity contribution in [3.63, 3.8) is 0 Å². The SMILES string of the molecule is COC(=O)c1cc(C(=O)NCc2cnn(-c3ccccc3)c2)cc([N+](=O)[O-])c1. The number of esters is 1. The first-order valence-corrected chi connectivity index (χ1v) is 8.23. The number of non-ortho nitro benzene ring substituents is 1. The molecule has 0 saturated heterocycles. The molecule has 1 N–H and O–H groups in total. The third kappa shape index (κ3) is 4.21. The van der Waals surface area contributed by atoms with Gasteiger partial charge >= 0.3 is 5.97 Å². The zero-order valence-electron chi connectivity index (χ0n) is 14.9. The van der Waals surface area contributed by atoms with Crippen molar-refractivity contribution in [2.75, 3.05) is 7.11 Å². The predicted octanol–water partition coefficient (Wildman–Crippen LogP) is 2.50. The zero-order chi connectivity index (χ0) is 20.1. The maximum absolute atomic E-state index is 12.4. The van der Waals surface area contributed by atoms with Gasteiger partial charge in [-0.2, -0.15) is 5.10 Å². The van der Waals surface area contributed by atoms with Crippen molar-refractivity contribution in [1.29, 1.82) is 0 Å². The lowest BCUT2D eigenvalue weighted by Gasteiger charge is -2.06. The minimum absolute atomic E-state index is 0.00921. The number of carbonyl (C=O) groups excluding carboxylic acids is 2. The van der Waals surface area contributed by atoms with Crippen LogP contribution in [0.5, 0.6) is 0 Å². The molecule has 142 valence electrons. The highest BCUT2D eigenvalue weighted by atomic mass is 16.6. The smallest absolute Gasteiger partial charge is 0.338 e. The Morgan fingerprint density at radius 2 is 1.89 bits per heavy atom. The fraction of sp³-hybridized carbons (Fsp3) is 0.105. The molecule has 3 rings (SSSR count). The summed E-state index contributed by atoms with van der Waals surface area (Å²) in [6.07, 6.45) is 3.38. The molecular formula is C19H16N4O5. The maximum Gasteiger partial charge on any atom is 0.338 e. The van der Waals surface area contributed by atoms with E-state index in [1.165, 1.54) is 6.07 Å². The van der Waals surface area contributed by atoms with Gasteiger partial charge in [0.1, 0.15) is 0 Å². The summed E-state index contributed by atoms with van der Waals surface area (Å²) in [5.41, 5.74) is 1.17. The molecule has 9 nitrogen and oxygen atoms in total. The van der Waals surface area contributed by atoms with Crippen LogP contribution in [0, 0.1) is 10.1 Å². The molecule has 0 atom stereocenters. The third-order valence-corrected chi connectivity index (χ3v) is 3.92. The van der Waals surface area contributed by atoms with Crippen LogP contribution in [-0.4, -0.2) is 33.7 Å². The number of rotatable bonds is 6. The molecule has 0 radical (unpaired) electrons. The van der Waals surface area contributed by atoms with Crippen molar-refractivity contribution in [3.05, 3.63) is 87.7 Å². The number of ether oxygens (including phenoxy) is 1. The Kier molecular flexibility index (Phi) is 5.45. The first-order chi connectivity index (χ1) is 13.5. The van der Waals surface area contributed by atoms with E-state index >= 15 is 0 Å². The Bertz CT molecular complexity index is 1030. The number of amides is 1. The number of nitrogens with one attached hydrogen (secondary N) is 1. The Balaban J connectivity index is 1.74. The van der Waals surface area contributed by atoms with Gasteiger partial charge in [0, 0.05) is 36.0 Å². The van der Waals surface area contributed by atoms with Gasteiger partial charge in [0.15, 0.2) is 0 Å². The molecular weight excluding hydrogens is 364 g/mol. The van der Waals surface area contributed by atoms with Crippen molar-refractivity contribution in [2.45, 2.75) is 6.54 Å². The number of nitro benzene ring substituents is 1. The molecule has 0 bridgehead atoms. The van der Waals surface area contributed by atoms with Crippen molar-refractivity contribution >= 4 is 17.6 Å². The van der Waals surface area contributed by atoms with Crippen LogP contribution < -0.4 is 5.32 Å².